The van der Waals surface area contributed by atoms with Crippen molar-refractivity contribution in [3.05, 3.63) is 41.0 Å². The Labute approximate surface area is 110 Å². The summed E-state index contributed by atoms with van der Waals surface area (Å²) in [5.74, 6) is 0.0603. The number of allylic oxidation sites excluding steroid dienone is 1. The molecule has 98 valence electrons. The smallest absolute Gasteiger partial charge is 0.253 e. The molecule has 1 aromatic carbocycles. The summed E-state index contributed by atoms with van der Waals surface area (Å²) >= 11 is 0. The predicted molar refractivity (Wildman–Crippen MR) is 77.8 cm³/mol. The van der Waals surface area contributed by atoms with Crippen LogP contribution in [0.1, 0.15) is 48.2 Å². The Balaban J connectivity index is 3.08. The van der Waals surface area contributed by atoms with Gasteiger partial charge in [0.15, 0.2) is 0 Å². The van der Waals surface area contributed by atoms with Crippen LogP contribution in [-0.4, -0.2) is 24.9 Å². The van der Waals surface area contributed by atoms with Gasteiger partial charge in [0.25, 0.3) is 5.91 Å². The van der Waals surface area contributed by atoms with Crippen LogP contribution in [0.2, 0.25) is 0 Å². The lowest BCUT2D eigenvalue weighted by Crippen LogP contribution is -2.22. The number of unbranched alkanes of at least 4 members (excludes halogenated alkanes) is 1. The summed E-state index contributed by atoms with van der Waals surface area (Å²) in [4.78, 5) is 13.7. The van der Waals surface area contributed by atoms with Gasteiger partial charge in [-0.15, -0.1) is 0 Å². The SMILES string of the molecule is C/C=C/c1cc(CCCC)ccc1C(=O)N(C)C. The number of hydrogen-bond acceptors (Lipinski definition) is 1. The summed E-state index contributed by atoms with van der Waals surface area (Å²) in [6.07, 6.45) is 7.45. The molecule has 0 aliphatic carbocycles. The van der Waals surface area contributed by atoms with Crippen molar-refractivity contribution in [3.63, 3.8) is 0 Å². The van der Waals surface area contributed by atoms with Gasteiger partial charge in [0.1, 0.15) is 0 Å². The second kappa shape index (κ2) is 7.00. The van der Waals surface area contributed by atoms with Gasteiger partial charge in [-0.3, -0.25) is 4.79 Å². The fraction of sp³-hybridized carbons (Fsp3) is 0.438. The van der Waals surface area contributed by atoms with Gasteiger partial charge in [0, 0.05) is 19.7 Å². The Morgan fingerprint density at radius 1 is 1.33 bits per heavy atom. The van der Waals surface area contributed by atoms with Crippen LogP contribution in [0, 0.1) is 0 Å². The van der Waals surface area contributed by atoms with E-state index < -0.39 is 0 Å². The Bertz CT molecular complexity index is 433. The van der Waals surface area contributed by atoms with Crippen molar-refractivity contribution in [3.8, 4) is 0 Å². The molecule has 0 bridgehead atoms. The molecular formula is C16H23NO. The summed E-state index contributed by atoms with van der Waals surface area (Å²) in [5, 5.41) is 0. The number of rotatable bonds is 5. The monoisotopic (exact) mass is 245 g/mol. The minimum Gasteiger partial charge on any atom is -0.345 e. The van der Waals surface area contributed by atoms with Crippen LogP contribution in [0.4, 0.5) is 0 Å². The van der Waals surface area contributed by atoms with Gasteiger partial charge in [-0.2, -0.15) is 0 Å². The van der Waals surface area contributed by atoms with Crippen molar-refractivity contribution in [1.82, 2.24) is 4.90 Å². The first-order valence-electron chi connectivity index (χ1n) is 6.57. The Morgan fingerprint density at radius 2 is 2.06 bits per heavy atom. The number of hydrogen-bond donors (Lipinski definition) is 0. The molecule has 0 saturated carbocycles. The second-order valence-electron chi connectivity index (χ2n) is 4.72. The van der Waals surface area contributed by atoms with Crippen LogP contribution in [-0.2, 0) is 6.42 Å². The molecule has 0 aliphatic heterocycles. The standard InChI is InChI=1S/C16H23NO/c1-5-7-9-13-10-11-15(16(18)17(3)4)14(12-13)8-6-2/h6,8,10-12H,5,7,9H2,1-4H3/b8-6+. The average molecular weight is 245 g/mol. The molecule has 0 N–H and O–H groups in total. The van der Waals surface area contributed by atoms with Crippen molar-refractivity contribution >= 4 is 12.0 Å². The number of carbonyl (C=O) groups excluding carboxylic acids is 1. The maximum Gasteiger partial charge on any atom is 0.253 e. The third kappa shape index (κ3) is 3.73. The van der Waals surface area contributed by atoms with E-state index in [0.29, 0.717) is 0 Å². The topological polar surface area (TPSA) is 20.3 Å². The summed E-state index contributed by atoms with van der Waals surface area (Å²) < 4.78 is 0. The minimum absolute atomic E-state index is 0.0603. The average Bonchev–Trinajstić information content (AvgIpc) is 2.36. The zero-order valence-corrected chi connectivity index (χ0v) is 11.9. The van der Waals surface area contributed by atoms with Crippen molar-refractivity contribution < 1.29 is 4.79 Å². The molecule has 2 nitrogen and oxygen atoms in total. The van der Waals surface area contributed by atoms with E-state index in [-0.39, 0.29) is 5.91 Å². The molecule has 1 rings (SSSR count). The van der Waals surface area contributed by atoms with E-state index in [0.717, 1.165) is 17.5 Å². The lowest BCUT2D eigenvalue weighted by molar-refractivity contribution is 0.0827. The summed E-state index contributed by atoms with van der Waals surface area (Å²) in [7, 11) is 3.57. The highest BCUT2D eigenvalue weighted by atomic mass is 16.2. The quantitative estimate of drug-likeness (QED) is 0.773. The van der Waals surface area contributed by atoms with Gasteiger partial charge in [0.2, 0.25) is 0 Å². The zero-order valence-electron chi connectivity index (χ0n) is 11.9. The van der Waals surface area contributed by atoms with Gasteiger partial charge >= 0.3 is 0 Å². The van der Waals surface area contributed by atoms with Crippen LogP contribution in [0.25, 0.3) is 6.08 Å². The summed E-state index contributed by atoms with van der Waals surface area (Å²) in [6.45, 7) is 4.17. The Kier molecular flexibility index (Phi) is 5.63. The van der Waals surface area contributed by atoms with E-state index in [2.05, 4.69) is 19.1 Å². The first-order valence-corrected chi connectivity index (χ1v) is 6.57. The molecule has 0 atom stereocenters. The van der Waals surface area contributed by atoms with Gasteiger partial charge in [0.05, 0.1) is 0 Å². The van der Waals surface area contributed by atoms with Crippen LogP contribution in [0.3, 0.4) is 0 Å². The van der Waals surface area contributed by atoms with E-state index in [1.165, 1.54) is 18.4 Å². The van der Waals surface area contributed by atoms with Crippen LogP contribution in [0.15, 0.2) is 24.3 Å². The first kappa shape index (κ1) is 14.5. The van der Waals surface area contributed by atoms with E-state index >= 15 is 0 Å². The Morgan fingerprint density at radius 3 is 2.61 bits per heavy atom. The van der Waals surface area contributed by atoms with E-state index in [4.69, 9.17) is 0 Å². The van der Waals surface area contributed by atoms with Crippen molar-refractivity contribution in [2.45, 2.75) is 33.1 Å². The van der Waals surface area contributed by atoms with Crippen LogP contribution < -0.4 is 0 Å². The molecule has 1 aromatic rings. The van der Waals surface area contributed by atoms with E-state index in [1.54, 1.807) is 19.0 Å². The number of carbonyl (C=O) groups is 1. The number of aryl methyl sites for hydroxylation is 1. The Hall–Kier alpha value is -1.57. The molecule has 0 saturated heterocycles. The number of amides is 1. The fourth-order valence-electron chi connectivity index (χ4n) is 1.90. The summed E-state index contributed by atoms with van der Waals surface area (Å²) in [6, 6.07) is 6.15. The minimum atomic E-state index is 0.0603. The van der Waals surface area contributed by atoms with E-state index in [9.17, 15) is 4.79 Å². The van der Waals surface area contributed by atoms with Crippen LogP contribution >= 0.6 is 0 Å². The highest BCUT2D eigenvalue weighted by Gasteiger charge is 2.12. The predicted octanol–water partition coefficient (Wildman–Crippen LogP) is 3.76. The lowest BCUT2D eigenvalue weighted by Gasteiger charge is -2.13. The molecule has 2 heteroatoms. The van der Waals surface area contributed by atoms with Crippen LogP contribution in [0.5, 0.6) is 0 Å². The molecular weight excluding hydrogens is 222 g/mol. The maximum absolute atomic E-state index is 12.1. The molecule has 0 spiro atoms. The summed E-state index contributed by atoms with van der Waals surface area (Å²) in [5.41, 5.74) is 3.10. The first-order chi connectivity index (χ1) is 8.60. The van der Waals surface area contributed by atoms with Gasteiger partial charge in [-0.05, 0) is 37.0 Å². The molecule has 18 heavy (non-hydrogen) atoms. The van der Waals surface area contributed by atoms with Gasteiger partial charge < -0.3 is 4.90 Å². The highest BCUT2D eigenvalue weighted by molar-refractivity contribution is 5.97. The van der Waals surface area contributed by atoms with E-state index in [1.807, 2.05) is 25.1 Å². The van der Waals surface area contributed by atoms with Crippen molar-refractivity contribution in [2.75, 3.05) is 14.1 Å². The molecule has 0 aromatic heterocycles. The zero-order chi connectivity index (χ0) is 13.5. The third-order valence-corrected chi connectivity index (χ3v) is 2.92. The highest BCUT2D eigenvalue weighted by Crippen LogP contribution is 2.17. The molecule has 1 amide bonds. The van der Waals surface area contributed by atoms with Crippen molar-refractivity contribution in [2.24, 2.45) is 0 Å². The maximum atomic E-state index is 12.1. The fourth-order valence-corrected chi connectivity index (χ4v) is 1.90. The number of nitrogens with zero attached hydrogens (tertiary/aromatic N) is 1. The molecule has 0 fully saturated rings. The molecule has 0 heterocycles. The normalized spacial score (nSPS) is 10.9. The van der Waals surface area contributed by atoms with Crippen molar-refractivity contribution in [1.29, 1.82) is 0 Å². The lowest BCUT2D eigenvalue weighted by atomic mass is 9.99. The second-order valence-corrected chi connectivity index (χ2v) is 4.72. The molecule has 0 aliphatic rings. The number of benzene rings is 1. The third-order valence-electron chi connectivity index (χ3n) is 2.92. The van der Waals surface area contributed by atoms with Gasteiger partial charge in [-0.1, -0.05) is 37.6 Å². The largest absolute Gasteiger partial charge is 0.345 e. The molecule has 0 unspecified atom stereocenters. The molecule has 0 radical (unpaired) electrons. The van der Waals surface area contributed by atoms with Gasteiger partial charge in [-0.25, -0.2) is 0 Å².